The maximum Gasteiger partial charge on any atom is 0.187 e. The van der Waals surface area contributed by atoms with Gasteiger partial charge in [-0.1, -0.05) is 12.1 Å². The minimum atomic E-state index is -0.939. The molecule has 1 aromatic carbocycles. The van der Waals surface area contributed by atoms with E-state index in [4.69, 9.17) is 0 Å². The molecule has 1 saturated heterocycles. The van der Waals surface area contributed by atoms with Gasteiger partial charge in [-0.2, -0.15) is 0 Å². The lowest BCUT2D eigenvalue weighted by molar-refractivity contribution is -0.113. The summed E-state index contributed by atoms with van der Waals surface area (Å²) in [5, 5.41) is 0. The second kappa shape index (κ2) is 6.84. The quantitative estimate of drug-likeness (QED) is 0.794. The maximum absolute atomic E-state index is 13.9. The van der Waals surface area contributed by atoms with E-state index in [0.717, 1.165) is 11.6 Å². The van der Waals surface area contributed by atoms with Crippen LogP contribution in [0.25, 0.3) is 12.2 Å². The van der Waals surface area contributed by atoms with E-state index in [1.807, 2.05) is 24.1 Å². The zero-order valence-electron chi connectivity index (χ0n) is 13.2. The molecule has 0 radical (unpaired) electrons. The van der Waals surface area contributed by atoms with Gasteiger partial charge in [0.2, 0.25) is 0 Å². The van der Waals surface area contributed by atoms with Crippen LogP contribution in [-0.2, 0) is 4.79 Å². The molecule has 122 valence electrons. The molecule has 0 spiro atoms. The third-order valence-electron chi connectivity index (χ3n) is 3.82. The lowest BCUT2D eigenvalue weighted by Gasteiger charge is -2.26. The summed E-state index contributed by atoms with van der Waals surface area (Å²) < 4.78 is 27.2. The van der Waals surface area contributed by atoms with Gasteiger partial charge in [-0.25, -0.2) is 8.78 Å². The molecule has 0 saturated carbocycles. The fraction of sp³-hybridized carbons (Fsp3) is 0.158. The Bertz CT molecular complexity index is 829. The lowest BCUT2D eigenvalue weighted by atomic mass is 9.94. The molecule has 2 heterocycles. The predicted octanol–water partition coefficient (Wildman–Crippen LogP) is 3.34. The van der Waals surface area contributed by atoms with Gasteiger partial charge in [0.25, 0.3) is 0 Å². The highest BCUT2D eigenvalue weighted by Gasteiger charge is 2.24. The van der Waals surface area contributed by atoms with E-state index in [1.54, 1.807) is 18.5 Å². The zero-order chi connectivity index (χ0) is 17.1. The monoisotopic (exact) mass is 326 g/mol. The third kappa shape index (κ3) is 3.46. The first-order valence-corrected chi connectivity index (χ1v) is 7.53. The van der Waals surface area contributed by atoms with Crippen LogP contribution in [0.2, 0.25) is 0 Å². The molecule has 24 heavy (non-hydrogen) atoms. The summed E-state index contributed by atoms with van der Waals surface area (Å²) in [5.41, 5.74) is 2.00. The number of hydrogen-bond donors (Lipinski definition) is 0. The van der Waals surface area contributed by atoms with Crippen molar-refractivity contribution in [2.45, 2.75) is 0 Å². The summed E-state index contributed by atoms with van der Waals surface area (Å²) in [4.78, 5) is 18.6. The number of ketones is 1. The van der Waals surface area contributed by atoms with Gasteiger partial charge in [-0.15, -0.1) is 0 Å². The molecule has 3 nitrogen and oxygen atoms in total. The van der Waals surface area contributed by atoms with Gasteiger partial charge in [0, 0.05) is 42.2 Å². The molecule has 0 bridgehead atoms. The van der Waals surface area contributed by atoms with Gasteiger partial charge in [0.15, 0.2) is 17.4 Å². The minimum absolute atomic E-state index is 0.0805. The summed E-state index contributed by atoms with van der Waals surface area (Å²) in [6, 6.07) is 7.56. The molecule has 0 atom stereocenters. The van der Waals surface area contributed by atoms with Crippen LogP contribution in [0, 0.1) is 11.6 Å². The average molecular weight is 326 g/mol. The number of likely N-dealkylation sites (tertiary alicyclic amines) is 1. The highest BCUT2D eigenvalue weighted by Crippen LogP contribution is 2.22. The number of rotatable bonds is 2. The van der Waals surface area contributed by atoms with Crippen molar-refractivity contribution in [3.63, 3.8) is 0 Å². The van der Waals surface area contributed by atoms with Crippen LogP contribution in [0.5, 0.6) is 0 Å². The van der Waals surface area contributed by atoms with E-state index in [9.17, 15) is 13.6 Å². The summed E-state index contributed by atoms with van der Waals surface area (Å²) in [6.45, 7) is 0.895. The number of carbonyl (C=O) groups excluding carboxylic acids is 1. The Morgan fingerprint density at radius 1 is 1.04 bits per heavy atom. The number of likely N-dealkylation sites (N-methyl/N-ethyl adjacent to an activating group) is 1. The molecule has 3 rings (SSSR count). The number of piperidine rings is 1. The number of benzene rings is 1. The normalized spacial score (nSPS) is 19.2. The van der Waals surface area contributed by atoms with E-state index in [1.165, 1.54) is 18.2 Å². The van der Waals surface area contributed by atoms with Gasteiger partial charge in [-0.05, 0) is 43.0 Å². The lowest BCUT2D eigenvalue weighted by Crippen LogP contribution is -2.34. The largest absolute Gasteiger partial charge is 0.298 e. The molecule has 0 aliphatic carbocycles. The van der Waals surface area contributed by atoms with Crippen LogP contribution in [0.4, 0.5) is 8.78 Å². The first-order chi connectivity index (χ1) is 11.5. The Morgan fingerprint density at radius 2 is 1.71 bits per heavy atom. The van der Waals surface area contributed by atoms with Gasteiger partial charge in [0.1, 0.15) is 0 Å². The first-order valence-electron chi connectivity index (χ1n) is 7.53. The van der Waals surface area contributed by atoms with Crippen molar-refractivity contribution in [2.75, 3.05) is 20.1 Å². The van der Waals surface area contributed by atoms with Crippen LogP contribution >= 0.6 is 0 Å². The highest BCUT2D eigenvalue weighted by molar-refractivity contribution is 6.14. The van der Waals surface area contributed by atoms with E-state index in [0.29, 0.717) is 24.2 Å². The highest BCUT2D eigenvalue weighted by atomic mass is 19.2. The summed E-state index contributed by atoms with van der Waals surface area (Å²) >= 11 is 0. The van der Waals surface area contributed by atoms with Crippen molar-refractivity contribution in [1.82, 2.24) is 9.88 Å². The van der Waals surface area contributed by atoms with Crippen LogP contribution in [0.1, 0.15) is 11.1 Å². The fourth-order valence-corrected chi connectivity index (χ4v) is 2.69. The van der Waals surface area contributed by atoms with E-state index in [2.05, 4.69) is 4.98 Å². The van der Waals surface area contributed by atoms with Crippen LogP contribution < -0.4 is 0 Å². The Balaban J connectivity index is 1.97. The number of carbonyl (C=O) groups is 1. The van der Waals surface area contributed by atoms with E-state index >= 15 is 0 Å². The summed E-state index contributed by atoms with van der Waals surface area (Å²) in [6.07, 6.45) is 6.54. The molecule has 0 unspecified atom stereocenters. The van der Waals surface area contributed by atoms with Crippen molar-refractivity contribution < 1.29 is 13.6 Å². The average Bonchev–Trinajstić information content (AvgIpc) is 2.57. The van der Waals surface area contributed by atoms with Crippen molar-refractivity contribution in [2.24, 2.45) is 0 Å². The summed E-state index contributed by atoms with van der Waals surface area (Å²) in [5.74, 6) is -2.01. The van der Waals surface area contributed by atoms with E-state index in [-0.39, 0.29) is 11.3 Å². The van der Waals surface area contributed by atoms with Gasteiger partial charge in [-0.3, -0.25) is 14.7 Å². The second-order valence-electron chi connectivity index (χ2n) is 5.76. The molecule has 2 aromatic rings. The molecule has 0 amide bonds. The number of pyridine rings is 1. The van der Waals surface area contributed by atoms with Gasteiger partial charge in [0.05, 0.1) is 0 Å². The zero-order valence-corrected chi connectivity index (χ0v) is 13.2. The number of Topliss-reactive ketones (excluding diaryl/α,β-unsaturated/α-hetero) is 1. The number of halogens is 2. The van der Waals surface area contributed by atoms with Crippen molar-refractivity contribution >= 4 is 17.9 Å². The van der Waals surface area contributed by atoms with Crippen molar-refractivity contribution in [3.8, 4) is 0 Å². The first kappa shape index (κ1) is 16.2. The molecule has 1 aromatic heterocycles. The topological polar surface area (TPSA) is 33.2 Å². The number of aromatic nitrogens is 1. The number of hydrogen-bond acceptors (Lipinski definition) is 3. The van der Waals surface area contributed by atoms with Gasteiger partial charge < -0.3 is 0 Å². The standard InChI is InChI=1S/C19H16F2N2O/c1-23-11-15(9-13-5-7-22-8-6-13)19(24)16(12-23)10-14-3-2-4-17(20)18(14)21/h2-10H,11-12H2,1H3/b15-9?,16-10+. The Kier molecular flexibility index (Phi) is 4.62. The molecule has 0 N–H and O–H groups in total. The Morgan fingerprint density at radius 3 is 2.42 bits per heavy atom. The van der Waals surface area contributed by atoms with Crippen molar-refractivity contribution in [3.05, 3.63) is 76.6 Å². The van der Waals surface area contributed by atoms with Crippen molar-refractivity contribution in [1.29, 1.82) is 0 Å². The second-order valence-corrected chi connectivity index (χ2v) is 5.76. The van der Waals surface area contributed by atoms with Gasteiger partial charge >= 0.3 is 0 Å². The molecule has 1 aliphatic heterocycles. The number of nitrogens with zero attached hydrogens (tertiary/aromatic N) is 2. The van der Waals surface area contributed by atoms with Crippen LogP contribution in [-0.4, -0.2) is 35.8 Å². The molecular formula is C19H16F2N2O. The third-order valence-corrected chi connectivity index (χ3v) is 3.82. The predicted molar refractivity (Wildman–Crippen MR) is 89.1 cm³/mol. The smallest absolute Gasteiger partial charge is 0.187 e. The minimum Gasteiger partial charge on any atom is -0.298 e. The summed E-state index contributed by atoms with van der Waals surface area (Å²) in [7, 11) is 1.88. The molecule has 5 heteroatoms. The SMILES string of the molecule is CN1CC(=Cc2ccncc2)C(=O)/C(=C/c2cccc(F)c2F)C1. The maximum atomic E-state index is 13.9. The Labute approximate surface area is 138 Å². The fourth-order valence-electron chi connectivity index (χ4n) is 2.69. The van der Waals surface area contributed by atoms with Crippen LogP contribution in [0.15, 0.2) is 53.9 Å². The van der Waals surface area contributed by atoms with Crippen LogP contribution in [0.3, 0.4) is 0 Å². The van der Waals surface area contributed by atoms with E-state index < -0.39 is 11.6 Å². The molecular weight excluding hydrogens is 310 g/mol. The Hall–Kier alpha value is -2.66. The molecule has 1 fully saturated rings. The molecule has 1 aliphatic rings.